The first kappa shape index (κ1) is 19.7. The Hall–Kier alpha value is -2.62. The molecule has 0 radical (unpaired) electrons. The van der Waals surface area contributed by atoms with Crippen molar-refractivity contribution in [2.75, 3.05) is 5.32 Å². The van der Waals surface area contributed by atoms with Gasteiger partial charge in [0, 0.05) is 6.04 Å². The Morgan fingerprint density at radius 3 is 2.17 bits per heavy atom. The van der Waals surface area contributed by atoms with Crippen molar-refractivity contribution in [3.05, 3.63) is 65.7 Å². The highest BCUT2D eigenvalue weighted by Gasteiger charge is 2.42. The molecule has 2 fully saturated rings. The number of amides is 2. The second-order valence-electron chi connectivity index (χ2n) is 8.46. The van der Waals surface area contributed by atoms with Gasteiger partial charge in [-0.25, -0.2) is 0 Å². The normalized spacial score (nSPS) is 18.9. The lowest BCUT2D eigenvalue weighted by Crippen LogP contribution is -2.39. The predicted molar refractivity (Wildman–Crippen MR) is 116 cm³/mol. The Balaban J connectivity index is 1.54. The van der Waals surface area contributed by atoms with Gasteiger partial charge in [-0.1, -0.05) is 74.6 Å². The quantitative estimate of drug-likeness (QED) is 0.737. The highest BCUT2D eigenvalue weighted by Crippen LogP contribution is 2.42. The van der Waals surface area contributed by atoms with E-state index in [1.54, 1.807) is 6.07 Å². The summed E-state index contributed by atoms with van der Waals surface area (Å²) in [6.07, 6.45) is 9.46. The molecular weight excluding hydrogens is 360 g/mol. The van der Waals surface area contributed by atoms with Crippen LogP contribution in [-0.2, 0) is 10.2 Å². The zero-order chi connectivity index (χ0) is 20.1. The molecule has 0 aromatic heterocycles. The molecule has 2 saturated carbocycles. The first-order valence-corrected chi connectivity index (χ1v) is 11.0. The summed E-state index contributed by atoms with van der Waals surface area (Å²) in [5.41, 5.74) is 1.72. The van der Waals surface area contributed by atoms with Gasteiger partial charge in [0.2, 0.25) is 5.91 Å². The lowest BCUT2D eigenvalue weighted by Gasteiger charge is -2.29. The summed E-state index contributed by atoms with van der Waals surface area (Å²) in [7, 11) is 0. The van der Waals surface area contributed by atoms with Crippen molar-refractivity contribution in [3.63, 3.8) is 0 Å². The van der Waals surface area contributed by atoms with Crippen LogP contribution in [0.2, 0.25) is 0 Å². The number of para-hydroxylation sites is 1. The van der Waals surface area contributed by atoms with Gasteiger partial charge in [0.05, 0.1) is 16.7 Å². The first-order valence-electron chi connectivity index (χ1n) is 11.0. The lowest BCUT2D eigenvalue weighted by atomic mass is 9.78. The zero-order valence-electron chi connectivity index (χ0n) is 17.0. The Bertz CT molecular complexity index is 850. The summed E-state index contributed by atoms with van der Waals surface area (Å²) in [5, 5.41) is 6.28. The summed E-state index contributed by atoms with van der Waals surface area (Å²) in [6.45, 7) is 0. The van der Waals surface area contributed by atoms with E-state index in [1.165, 1.54) is 19.3 Å². The van der Waals surface area contributed by atoms with Gasteiger partial charge in [0.15, 0.2) is 0 Å². The second kappa shape index (κ2) is 8.81. The molecule has 2 aromatic carbocycles. The number of anilines is 1. The molecule has 152 valence electrons. The minimum Gasteiger partial charge on any atom is -0.349 e. The van der Waals surface area contributed by atoms with E-state index in [0.717, 1.165) is 44.1 Å². The van der Waals surface area contributed by atoms with Crippen LogP contribution in [0.25, 0.3) is 0 Å². The summed E-state index contributed by atoms with van der Waals surface area (Å²) in [6, 6.07) is 17.7. The number of carbonyl (C=O) groups is 2. The van der Waals surface area contributed by atoms with Crippen LogP contribution >= 0.6 is 0 Å². The van der Waals surface area contributed by atoms with E-state index in [-0.39, 0.29) is 17.9 Å². The third-order valence-electron chi connectivity index (χ3n) is 6.58. The van der Waals surface area contributed by atoms with E-state index in [1.807, 2.05) is 48.5 Å². The van der Waals surface area contributed by atoms with Gasteiger partial charge < -0.3 is 10.6 Å². The number of nitrogens with one attached hydrogen (secondary N) is 2. The van der Waals surface area contributed by atoms with Crippen molar-refractivity contribution < 1.29 is 9.59 Å². The van der Waals surface area contributed by atoms with Gasteiger partial charge in [-0.2, -0.15) is 0 Å². The maximum Gasteiger partial charge on any atom is 0.253 e. The molecule has 29 heavy (non-hydrogen) atoms. The van der Waals surface area contributed by atoms with Crippen LogP contribution in [0.4, 0.5) is 5.69 Å². The van der Waals surface area contributed by atoms with Crippen molar-refractivity contribution in [2.45, 2.75) is 69.2 Å². The maximum atomic E-state index is 13.5. The number of carbonyl (C=O) groups excluding carboxylic acids is 2. The second-order valence-corrected chi connectivity index (χ2v) is 8.46. The van der Waals surface area contributed by atoms with Gasteiger partial charge in [0.1, 0.15) is 0 Å². The van der Waals surface area contributed by atoms with Gasteiger partial charge in [-0.15, -0.1) is 0 Å². The molecule has 2 aliphatic carbocycles. The molecule has 0 atom stereocenters. The van der Waals surface area contributed by atoms with E-state index in [4.69, 9.17) is 0 Å². The minimum absolute atomic E-state index is 0.000818. The van der Waals surface area contributed by atoms with Gasteiger partial charge >= 0.3 is 0 Å². The average molecular weight is 391 g/mol. The van der Waals surface area contributed by atoms with E-state index >= 15 is 0 Å². The topological polar surface area (TPSA) is 58.2 Å². The predicted octanol–water partition coefficient (Wildman–Crippen LogP) is 5.20. The molecule has 2 aromatic rings. The van der Waals surface area contributed by atoms with Gasteiger partial charge in [-0.05, 0) is 43.4 Å². The first-order chi connectivity index (χ1) is 14.2. The summed E-state index contributed by atoms with van der Waals surface area (Å²) in [4.78, 5) is 26.4. The SMILES string of the molecule is O=C(NC1CCCCC1)c1ccccc1NC(=O)C1(c2ccccc2)CCCC1. The van der Waals surface area contributed by atoms with Crippen molar-refractivity contribution in [1.29, 1.82) is 0 Å². The third-order valence-corrected chi connectivity index (χ3v) is 6.58. The fourth-order valence-corrected chi connectivity index (χ4v) is 4.92. The van der Waals surface area contributed by atoms with Crippen LogP contribution in [-0.4, -0.2) is 17.9 Å². The molecule has 2 aliphatic rings. The summed E-state index contributed by atoms with van der Waals surface area (Å²) in [5.74, 6) is -0.0906. The fraction of sp³-hybridized carbons (Fsp3) is 0.440. The van der Waals surface area contributed by atoms with Crippen LogP contribution in [0.15, 0.2) is 54.6 Å². The molecule has 0 bridgehead atoms. The van der Waals surface area contributed by atoms with Crippen molar-refractivity contribution in [1.82, 2.24) is 5.32 Å². The molecule has 0 heterocycles. The largest absolute Gasteiger partial charge is 0.349 e. The van der Waals surface area contributed by atoms with Crippen molar-refractivity contribution >= 4 is 17.5 Å². The van der Waals surface area contributed by atoms with Crippen LogP contribution in [0.1, 0.15) is 73.7 Å². The van der Waals surface area contributed by atoms with E-state index in [2.05, 4.69) is 10.6 Å². The van der Waals surface area contributed by atoms with Crippen molar-refractivity contribution in [3.8, 4) is 0 Å². The number of benzene rings is 2. The highest BCUT2D eigenvalue weighted by molar-refractivity contribution is 6.06. The number of hydrogen-bond acceptors (Lipinski definition) is 2. The zero-order valence-corrected chi connectivity index (χ0v) is 17.0. The lowest BCUT2D eigenvalue weighted by molar-refractivity contribution is -0.121. The summed E-state index contributed by atoms with van der Waals surface area (Å²) >= 11 is 0. The maximum absolute atomic E-state index is 13.5. The smallest absolute Gasteiger partial charge is 0.253 e. The monoisotopic (exact) mass is 390 g/mol. The average Bonchev–Trinajstić information content (AvgIpc) is 3.27. The molecule has 0 spiro atoms. The molecule has 2 N–H and O–H groups in total. The van der Waals surface area contributed by atoms with E-state index in [9.17, 15) is 9.59 Å². The molecule has 4 heteroatoms. The Kier molecular flexibility index (Phi) is 5.98. The highest BCUT2D eigenvalue weighted by atomic mass is 16.2. The molecule has 2 amide bonds. The molecule has 4 rings (SSSR count). The standard InChI is InChI=1S/C25H30N2O2/c28-23(26-20-13-5-2-6-14-20)21-15-7-8-16-22(21)27-24(29)25(17-9-10-18-25)19-11-3-1-4-12-19/h1,3-4,7-8,11-12,15-16,20H,2,5-6,9-10,13-14,17-18H2,(H,26,28)(H,27,29). The molecule has 4 nitrogen and oxygen atoms in total. The third kappa shape index (κ3) is 4.21. The summed E-state index contributed by atoms with van der Waals surface area (Å²) < 4.78 is 0. The van der Waals surface area contributed by atoms with Crippen LogP contribution in [0, 0.1) is 0 Å². The van der Waals surface area contributed by atoms with Crippen LogP contribution < -0.4 is 10.6 Å². The Morgan fingerprint density at radius 2 is 1.45 bits per heavy atom. The number of rotatable bonds is 5. The van der Waals surface area contributed by atoms with Gasteiger partial charge in [-0.3, -0.25) is 9.59 Å². The molecular formula is C25H30N2O2. The van der Waals surface area contributed by atoms with Crippen molar-refractivity contribution in [2.24, 2.45) is 0 Å². The Morgan fingerprint density at radius 1 is 0.793 bits per heavy atom. The Labute approximate surface area is 173 Å². The van der Waals surface area contributed by atoms with Crippen LogP contribution in [0.3, 0.4) is 0 Å². The van der Waals surface area contributed by atoms with E-state index in [0.29, 0.717) is 11.3 Å². The van der Waals surface area contributed by atoms with Gasteiger partial charge in [0.25, 0.3) is 5.91 Å². The number of hydrogen-bond donors (Lipinski definition) is 2. The fourth-order valence-electron chi connectivity index (χ4n) is 4.92. The molecule has 0 unspecified atom stereocenters. The molecule has 0 saturated heterocycles. The van der Waals surface area contributed by atoms with Crippen LogP contribution in [0.5, 0.6) is 0 Å². The minimum atomic E-state index is -0.506. The van der Waals surface area contributed by atoms with E-state index < -0.39 is 5.41 Å². The molecule has 0 aliphatic heterocycles.